The van der Waals surface area contributed by atoms with Crippen LogP contribution < -0.4 is 0 Å². The Balaban J connectivity index is 2.79. The molecule has 0 atom stereocenters. The number of halogens is 1. The summed E-state index contributed by atoms with van der Waals surface area (Å²) in [7, 11) is 0. The quantitative estimate of drug-likeness (QED) is 0.558. The van der Waals surface area contributed by atoms with Crippen molar-refractivity contribution in [3.05, 3.63) is 23.1 Å². The molecule has 0 fully saturated rings. The number of pyridine rings is 1. The number of fused-ring (bicyclic) bond motifs is 1. The van der Waals surface area contributed by atoms with E-state index in [9.17, 15) is 4.79 Å². The van der Waals surface area contributed by atoms with Crippen molar-refractivity contribution in [2.45, 2.75) is 6.92 Å². The topological polar surface area (TPSA) is 58.6 Å². The summed E-state index contributed by atoms with van der Waals surface area (Å²) in [4.78, 5) is 14.9. The van der Waals surface area contributed by atoms with E-state index in [2.05, 4.69) is 15.2 Å². The number of rotatable bonds is 1. The van der Waals surface area contributed by atoms with Gasteiger partial charge in [-0.05, 0) is 6.07 Å². The van der Waals surface area contributed by atoms with E-state index < -0.39 is 0 Å². The first-order valence-electron chi connectivity index (χ1n) is 3.69. The number of aromatic nitrogens is 3. The fourth-order valence-corrected chi connectivity index (χ4v) is 1.32. The minimum absolute atomic E-state index is 0.0893. The number of nitrogens with one attached hydrogen (secondary N) is 1. The molecule has 66 valence electrons. The molecule has 0 spiro atoms. The van der Waals surface area contributed by atoms with Gasteiger partial charge >= 0.3 is 0 Å². The smallest absolute Gasteiger partial charge is 0.180 e. The number of Topliss-reactive ketones (excluding diaryl/α,β-unsaturated/α-hetero) is 1. The van der Waals surface area contributed by atoms with E-state index in [0.717, 1.165) is 5.52 Å². The van der Waals surface area contributed by atoms with E-state index in [1.54, 1.807) is 12.3 Å². The third-order valence-electron chi connectivity index (χ3n) is 1.75. The van der Waals surface area contributed by atoms with Crippen LogP contribution in [0.4, 0.5) is 0 Å². The van der Waals surface area contributed by atoms with Crippen LogP contribution in [0.15, 0.2) is 12.3 Å². The fraction of sp³-hybridized carbons (Fsp3) is 0.125. The summed E-state index contributed by atoms with van der Waals surface area (Å²) in [6.07, 6.45) is 1.55. The lowest BCUT2D eigenvalue weighted by molar-refractivity contribution is 0.101. The molecule has 0 aliphatic rings. The summed E-state index contributed by atoms with van der Waals surface area (Å²) in [5.41, 5.74) is 1.12. The Bertz CT molecular complexity index is 477. The van der Waals surface area contributed by atoms with Crippen molar-refractivity contribution in [1.29, 1.82) is 0 Å². The molecule has 2 rings (SSSR count). The van der Waals surface area contributed by atoms with Gasteiger partial charge in [0.2, 0.25) is 0 Å². The predicted molar refractivity (Wildman–Crippen MR) is 48.9 cm³/mol. The molecule has 0 radical (unpaired) electrons. The summed E-state index contributed by atoms with van der Waals surface area (Å²) in [5.74, 6) is -0.0893. The third kappa shape index (κ3) is 1.29. The maximum absolute atomic E-state index is 11.1. The van der Waals surface area contributed by atoms with Crippen molar-refractivity contribution in [1.82, 2.24) is 15.2 Å². The molecule has 4 nitrogen and oxygen atoms in total. The van der Waals surface area contributed by atoms with Gasteiger partial charge in [0, 0.05) is 12.3 Å². The Morgan fingerprint density at radius 2 is 2.38 bits per heavy atom. The van der Waals surface area contributed by atoms with Crippen LogP contribution in [-0.4, -0.2) is 21.0 Å². The van der Waals surface area contributed by atoms with E-state index in [1.807, 2.05) is 0 Å². The van der Waals surface area contributed by atoms with Gasteiger partial charge in [0.25, 0.3) is 0 Å². The number of aromatic amines is 1. The maximum Gasteiger partial charge on any atom is 0.180 e. The van der Waals surface area contributed by atoms with Gasteiger partial charge < -0.3 is 0 Å². The first-order valence-corrected chi connectivity index (χ1v) is 4.07. The number of carbonyl (C=O) groups excluding carboxylic acids is 1. The molecule has 1 N–H and O–H groups in total. The SMILES string of the molecule is CC(=O)c1n[nH]c2cnc(Cl)cc12. The summed E-state index contributed by atoms with van der Waals surface area (Å²) in [6, 6.07) is 1.62. The van der Waals surface area contributed by atoms with Gasteiger partial charge in [0.1, 0.15) is 10.8 Å². The highest BCUT2D eigenvalue weighted by molar-refractivity contribution is 6.30. The second-order valence-corrected chi connectivity index (χ2v) is 3.07. The number of nitrogens with zero attached hydrogens (tertiary/aromatic N) is 2. The van der Waals surface area contributed by atoms with Crippen molar-refractivity contribution in [2.75, 3.05) is 0 Å². The third-order valence-corrected chi connectivity index (χ3v) is 1.95. The highest BCUT2D eigenvalue weighted by Gasteiger charge is 2.09. The Labute approximate surface area is 78.9 Å². The molecule has 0 bridgehead atoms. The van der Waals surface area contributed by atoms with Crippen molar-refractivity contribution < 1.29 is 4.79 Å². The van der Waals surface area contributed by atoms with E-state index in [0.29, 0.717) is 16.2 Å². The number of hydrogen-bond acceptors (Lipinski definition) is 3. The Morgan fingerprint density at radius 3 is 3.08 bits per heavy atom. The minimum atomic E-state index is -0.0893. The van der Waals surface area contributed by atoms with Crippen LogP contribution >= 0.6 is 11.6 Å². The number of H-pyrrole nitrogens is 1. The molecule has 2 aromatic rings. The van der Waals surface area contributed by atoms with Crippen LogP contribution in [0, 0.1) is 0 Å². The van der Waals surface area contributed by atoms with E-state index in [-0.39, 0.29) is 5.78 Å². The lowest BCUT2D eigenvalue weighted by atomic mass is 10.2. The monoisotopic (exact) mass is 195 g/mol. The van der Waals surface area contributed by atoms with Crippen molar-refractivity contribution in [3.8, 4) is 0 Å². The molecule has 0 aliphatic carbocycles. The van der Waals surface area contributed by atoms with Gasteiger partial charge in [-0.1, -0.05) is 11.6 Å². The average molecular weight is 196 g/mol. The molecule has 0 aromatic carbocycles. The van der Waals surface area contributed by atoms with Crippen LogP contribution in [0.25, 0.3) is 10.9 Å². The normalized spacial score (nSPS) is 10.6. The van der Waals surface area contributed by atoms with E-state index >= 15 is 0 Å². The predicted octanol–water partition coefficient (Wildman–Crippen LogP) is 1.81. The average Bonchev–Trinajstić information content (AvgIpc) is 2.46. The van der Waals surface area contributed by atoms with Gasteiger partial charge in [-0.3, -0.25) is 9.89 Å². The number of ketones is 1. The van der Waals surface area contributed by atoms with Crippen LogP contribution in [0.1, 0.15) is 17.4 Å². The van der Waals surface area contributed by atoms with Crippen LogP contribution in [0.2, 0.25) is 5.15 Å². The van der Waals surface area contributed by atoms with Crippen LogP contribution in [0.3, 0.4) is 0 Å². The first-order chi connectivity index (χ1) is 6.18. The largest absolute Gasteiger partial charge is 0.293 e. The van der Waals surface area contributed by atoms with Crippen LogP contribution in [0.5, 0.6) is 0 Å². The van der Waals surface area contributed by atoms with E-state index in [4.69, 9.17) is 11.6 Å². The van der Waals surface area contributed by atoms with Gasteiger partial charge in [-0.25, -0.2) is 4.98 Å². The zero-order valence-corrected chi connectivity index (χ0v) is 7.59. The van der Waals surface area contributed by atoms with Gasteiger partial charge in [0.15, 0.2) is 5.78 Å². The molecule has 2 heterocycles. The summed E-state index contributed by atoms with van der Waals surface area (Å²) < 4.78 is 0. The molecule has 5 heteroatoms. The van der Waals surface area contributed by atoms with Crippen molar-refractivity contribution in [3.63, 3.8) is 0 Å². The Kier molecular flexibility index (Phi) is 1.77. The molecule has 0 unspecified atom stereocenters. The van der Waals surface area contributed by atoms with Gasteiger partial charge in [-0.2, -0.15) is 5.10 Å². The highest BCUT2D eigenvalue weighted by atomic mass is 35.5. The van der Waals surface area contributed by atoms with Crippen molar-refractivity contribution >= 4 is 28.3 Å². The summed E-state index contributed by atoms with van der Waals surface area (Å²) in [5, 5.41) is 7.64. The second-order valence-electron chi connectivity index (χ2n) is 2.68. The second kappa shape index (κ2) is 2.81. The molecule has 13 heavy (non-hydrogen) atoms. The van der Waals surface area contributed by atoms with Crippen molar-refractivity contribution in [2.24, 2.45) is 0 Å². The van der Waals surface area contributed by atoms with E-state index in [1.165, 1.54) is 6.92 Å². The van der Waals surface area contributed by atoms with Gasteiger partial charge in [0.05, 0.1) is 11.7 Å². The Morgan fingerprint density at radius 1 is 1.62 bits per heavy atom. The molecule has 0 saturated carbocycles. The molecule has 2 aromatic heterocycles. The number of carbonyl (C=O) groups is 1. The molecule has 0 amide bonds. The maximum atomic E-state index is 11.1. The molecule has 0 aliphatic heterocycles. The first kappa shape index (κ1) is 8.19. The fourth-order valence-electron chi connectivity index (χ4n) is 1.16. The summed E-state index contributed by atoms with van der Waals surface area (Å²) in [6.45, 7) is 1.46. The van der Waals surface area contributed by atoms with Crippen LogP contribution in [-0.2, 0) is 0 Å². The Hall–Kier alpha value is -1.42. The lowest BCUT2D eigenvalue weighted by Crippen LogP contribution is -1.92. The highest BCUT2D eigenvalue weighted by Crippen LogP contribution is 2.18. The molecular weight excluding hydrogens is 190 g/mol. The molecular formula is C8H6ClN3O. The standard InChI is InChI=1S/C8H6ClN3O/c1-4(13)8-5-2-7(9)10-3-6(5)11-12-8/h2-3H,1H3,(H,11,12). The number of hydrogen-bond donors (Lipinski definition) is 1. The zero-order valence-electron chi connectivity index (χ0n) is 6.84. The minimum Gasteiger partial charge on any atom is -0.293 e. The lowest BCUT2D eigenvalue weighted by Gasteiger charge is -1.90. The zero-order chi connectivity index (χ0) is 9.42. The van der Waals surface area contributed by atoms with Gasteiger partial charge in [-0.15, -0.1) is 0 Å². The summed E-state index contributed by atoms with van der Waals surface area (Å²) >= 11 is 5.69. The molecule has 0 saturated heterocycles.